The highest BCUT2D eigenvalue weighted by molar-refractivity contribution is 7.18. The predicted octanol–water partition coefficient (Wildman–Crippen LogP) is 3.90. The molecule has 2 saturated heterocycles. The zero-order valence-corrected chi connectivity index (χ0v) is 19.3. The van der Waals surface area contributed by atoms with E-state index in [1.54, 1.807) is 23.2 Å². The molecule has 0 unspecified atom stereocenters. The van der Waals surface area contributed by atoms with Crippen molar-refractivity contribution in [1.82, 2.24) is 20.1 Å². The minimum Gasteiger partial charge on any atom is -0.332 e. The highest BCUT2D eigenvalue weighted by atomic mass is 32.1. The van der Waals surface area contributed by atoms with Crippen LogP contribution < -0.4 is 5.32 Å². The number of likely N-dealkylation sites (tertiary alicyclic amines) is 1. The lowest BCUT2D eigenvalue weighted by atomic mass is 9.93. The number of para-hydroxylation sites is 1. The Labute approximate surface area is 196 Å². The zero-order chi connectivity index (χ0) is 23.0. The number of imide groups is 1. The maximum absolute atomic E-state index is 13.2. The summed E-state index contributed by atoms with van der Waals surface area (Å²) in [4.78, 5) is 46.6. The van der Waals surface area contributed by atoms with Crippen LogP contribution in [0.15, 0.2) is 54.6 Å². The number of carbonyl (C=O) groups is 3. The fourth-order valence-corrected chi connectivity index (χ4v) is 5.80. The summed E-state index contributed by atoms with van der Waals surface area (Å²) >= 11 is 1.60. The predicted molar refractivity (Wildman–Crippen MR) is 127 cm³/mol. The monoisotopic (exact) mass is 462 g/mol. The van der Waals surface area contributed by atoms with E-state index in [0.717, 1.165) is 38.5 Å². The molecule has 7 nitrogen and oxygen atoms in total. The number of nitrogens with zero attached hydrogens (tertiary/aromatic N) is 3. The molecule has 2 fully saturated rings. The van der Waals surface area contributed by atoms with Crippen LogP contribution in [0, 0.1) is 0 Å². The van der Waals surface area contributed by atoms with E-state index in [9.17, 15) is 14.4 Å². The van der Waals surface area contributed by atoms with Crippen LogP contribution in [0.3, 0.4) is 0 Å². The molecular formula is C25H26N4O3S. The number of fused-ring (bicyclic) bond motifs is 1. The molecule has 0 saturated carbocycles. The summed E-state index contributed by atoms with van der Waals surface area (Å²) in [6.45, 7) is 2.10. The van der Waals surface area contributed by atoms with Crippen molar-refractivity contribution in [3.05, 3.63) is 65.2 Å². The van der Waals surface area contributed by atoms with E-state index in [0.29, 0.717) is 19.4 Å². The number of rotatable bonds is 6. The number of thiazole rings is 1. The highest BCUT2D eigenvalue weighted by Gasteiger charge is 2.48. The average Bonchev–Trinajstić information content (AvgIpc) is 3.52. The topological polar surface area (TPSA) is 82.6 Å². The molecule has 3 heterocycles. The van der Waals surface area contributed by atoms with E-state index in [4.69, 9.17) is 4.98 Å². The third-order valence-corrected chi connectivity index (χ3v) is 7.70. The quantitative estimate of drug-likeness (QED) is 0.563. The van der Waals surface area contributed by atoms with Crippen molar-refractivity contribution >= 4 is 39.4 Å². The van der Waals surface area contributed by atoms with Gasteiger partial charge in [0.2, 0.25) is 5.91 Å². The van der Waals surface area contributed by atoms with Gasteiger partial charge < -0.3 is 10.2 Å². The Kier molecular flexibility index (Phi) is 5.62. The summed E-state index contributed by atoms with van der Waals surface area (Å²) < 4.78 is 1.09. The maximum Gasteiger partial charge on any atom is 0.325 e. The molecule has 0 spiro atoms. The molecule has 2 atom stereocenters. The second kappa shape index (κ2) is 8.59. The molecule has 2 aromatic carbocycles. The summed E-state index contributed by atoms with van der Waals surface area (Å²) in [5, 5.41) is 3.72. The summed E-state index contributed by atoms with van der Waals surface area (Å²) in [6.07, 6.45) is 2.85. The van der Waals surface area contributed by atoms with Crippen molar-refractivity contribution in [3.63, 3.8) is 0 Å². The first-order chi connectivity index (χ1) is 15.9. The molecule has 2 aliphatic heterocycles. The molecule has 0 bridgehead atoms. The van der Waals surface area contributed by atoms with Crippen LogP contribution in [-0.4, -0.2) is 51.3 Å². The SMILES string of the molecule is C[C@]1(CCc2ccccc2)NC(=O)N(CC(=O)N2CCC[C@H]2c2nc3ccccc3s2)C1=O. The Bertz CT molecular complexity index is 1180. The van der Waals surface area contributed by atoms with Gasteiger partial charge in [-0.15, -0.1) is 11.3 Å². The van der Waals surface area contributed by atoms with Crippen LogP contribution in [0.4, 0.5) is 4.79 Å². The van der Waals surface area contributed by atoms with Crippen LogP contribution in [0.5, 0.6) is 0 Å². The molecule has 5 rings (SSSR count). The van der Waals surface area contributed by atoms with E-state index in [1.165, 1.54) is 0 Å². The molecule has 8 heteroatoms. The van der Waals surface area contributed by atoms with Gasteiger partial charge in [-0.3, -0.25) is 14.5 Å². The molecule has 0 radical (unpaired) electrons. The fourth-order valence-electron chi connectivity index (χ4n) is 4.68. The van der Waals surface area contributed by atoms with Crippen molar-refractivity contribution in [3.8, 4) is 0 Å². The van der Waals surface area contributed by atoms with Crippen molar-refractivity contribution < 1.29 is 14.4 Å². The second-order valence-corrected chi connectivity index (χ2v) is 9.97. The minimum absolute atomic E-state index is 0.111. The number of aromatic nitrogens is 1. The zero-order valence-electron chi connectivity index (χ0n) is 18.5. The summed E-state index contributed by atoms with van der Waals surface area (Å²) in [5.41, 5.74) is 1.02. The van der Waals surface area contributed by atoms with E-state index in [2.05, 4.69) is 5.32 Å². The van der Waals surface area contributed by atoms with Gasteiger partial charge in [0.1, 0.15) is 17.1 Å². The molecule has 0 aliphatic carbocycles. The molecular weight excluding hydrogens is 436 g/mol. The lowest BCUT2D eigenvalue weighted by Gasteiger charge is -2.25. The molecule has 1 aromatic heterocycles. The Morgan fingerprint density at radius 1 is 1.15 bits per heavy atom. The fraction of sp³-hybridized carbons (Fsp3) is 0.360. The Hall–Kier alpha value is -3.26. The number of urea groups is 1. The normalized spacial score (nSPS) is 22.9. The van der Waals surface area contributed by atoms with Crippen LogP contribution in [0.1, 0.15) is 42.8 Å². The van der Waals surface area contributed by atoms with Gasteiger partial charge in [0.05, 0.1) is 16.3 Å². The van der Waals surface area contributed by atoms with Crippen molar-refractivity contribution in [2.24, 2.45) is 0 Å². The summed E-state index contributed by atoms with van der Waals surface area (Å²) in [5.74, 6) is -0.555. The summed E-state index contributed by atoms with van der Waals surface area (Å²) in [6, 6.07) is 17.2. The number of hydrogen-bond donors (Lipinski definition) is 1. The number of hydrogen-bond acceptors (Lipinski definition) is 5. The molecule has 3 aromatic rings. The van der Waals surface area contributed by atoms with Crippen LogP contribution >= 0.6 is 11.3 Å². The minimum atomic E-state index is -1.01. The lowest BCUT2D eigenvalue weighted by molar-refractivity contribution is -0.139. The van der Waals surface area contributed by atoms with Gasteiger partial charge in [-0.05, 0) is 50.3 Å². The van der Waals surface area contributed by atoms with Gasteiger partial charge in [0, 0.05) is 6.54 Å². The number of aryl methyl sites for hydroxylation is 1. The smallest absolute Gasteiger partial charge is 0.325 e. The van der Waals surface area contributed by atoms with Crippen LogP contribution in [0.25, 0.3) is 10.2 Å². The first-order valence-electron chi connectivity index (χ1n) is 11.3. The van der Waals surface area contributed by atoms with E-state index in [1.807, 2.05) is 54.6 Å². The van der Waals surface area contributed by atoms with Crippen molar-refractivity contribution in [1.29, 1.82) is 0 Å². The molecule has 170 valence electrons. The molecule has 4 amide bonds. The van der Waals surface area contributed by atoms with Crippen LogP contribution in [0.2, 0.25) is 0 Å². The van der Waals surface area contributed by atoms with Crippen molar-refractivity contribution in [2.45, 2.75) is 44.2 Å². The molecule has 2 aliphatic rings. The maximum atomic E-state index is 13.2. The molecule has 33 heavy (non-hydrogen) atoms. The average molecular weight is 463 g/mol. The van der Waals surface area contributed by atoms with Gasteiger partial charge in [0.25, 0.3) is 5.91 Å². The third kappa shape index (κ3) is 4.11. The number of carbonyl (C=O) groups excluding carboxylic acids is 3. The van der Waals surface area contributed by atoms with Gasteiger partial charge in [-0.2, -0.15) is 0 Å². The lowest BCUT2D eigenvalue weighted by Crippen LogP contribution is -2.46. The molecule has 1 N–H and O–H groups in total. The standard InChI is InChI=1S/C25H26N4O3S/c1-25(14-13-17-8-3-2-4-9-17)23(31)29(24(32)27-25)16-21(30)28-15-7-11-19(28)22-26-18-10-5-6-12-20(18)33-22/h2-6,8-10,12,19H,7,11,13-16H2,1H3,(H,27,32)/t19-,25+/m0/s1. The Morgan fingerprint density at radius 2 is 1.91 bits per heavy atom. The number of nitrogens with one attached hydrogen (secondary N) is 1. The third-order valence-electron chi connectivity index (χ3n) is 6.56. The first kappa shape index (κ1) is 21.6. The second-order valence-electron chi connectivity index (χ2n) is 8.90. The van der Waals surface area contributed by atoms with Crippen molar-refractivity contribution in [2.75, 3.05) is 13.1 Å². The van der Waals surface area contributed by atoms with Gasteiger partial charge >= 0.3 is 6.03 Å². The highest BCUT2D eigenvalue weighted by Crippen LogP contribution is 2.36. The van der Waals surface area contributed by atoms with Gasteiger partial charge in [-0.1, -0.05) is 42.5 Å². The number of amides is 4. The largest absolute Gasteiger partial charge is 0.332 e. The van der Waals surface area contributed by atoms with E-state index >= 15 is 0 Å². The van der Waals surface area contributed by atoms with E-state index in [-0.39, 0.29) is 24.4 Å². The van der Waals surface area contributed by atoms with Crippen LogP contribution in [-0.2, 0) is 16.0 Å². The summed E-state index contributed by atoms with van der Waals surface area (Å²) in [7, 11) is 0. The Morgan fingerprint density at radius 3 is 2.70 bits per heavy atom. The number of benzene rings is 2. The Balaban J connectivity index is 1.27. The van der Waals surface area contributed by atoms with Gasteiger partial charge in [0.15, 0.2) is 0 Å². The van der Waals surface area contributed by atoms with E-state index < -0.39 is 11.6 Å². The van der Waals surface area contributed by atoms with Gasteiger partial charge in [-0.25, -0.2) is 9.78 Å². The first-order valence-corrected chi connectivity index (χ1v) is 12.1.